The van der Waals surface area contributed by atoms with Gasteiger partial charge in [0.1, 0.15) is 0 Å². The highest BCUT2D eigenvalue weighted by Crippen LogP contribution is 2.44. The van der Waals surface area contributed by atoms with Gasteiger partial charge in [-0.3, -0.25) is 4.90 Å². The summed E-state index contributed by atoms with van der Waals surface area (Å²) in [5.41, 5.74) is 0. The van der Waals surface area contributed by atoms with E-state index >= 15 is 0 Å². The molecule has 1 N–H and O–H groups in total. The normalized spacial score (nSPS) is 31.9. The SMILES string of the molecule is CC(C)N1CCC(NC(C2CC2)C2CC2)C1. The predicted octanol–water partition coefficient (Wildman–Crippen LogP) is 2.25. The maximum atomic E-state index is 3.98. The summed E-state index contributed by atoms with van der Waals surface area (Å²) in [4.78, 5) is 2.62. The van der Waals surface area contributed by atoms with Crippen molar-refractivity contribution in [1.29, 1.82) is 0 Å². The van der Waals surface area contributed by atoms with Crippen molar-refractivity contribution < 1.29 is 0 Å². The molecule has 0 spiro atoms. The fraction of sp³-hybridized carbons (Fsp3) is 1.00. The van der Waals surface area contributed by atoms with Crippen LogP contribution < -0.4 is 5.32 Å². The van der Waals surface area contributed by atoms with Crippen LogP contribution in [0.15, 0.2) is 0 Å². The lowest BCUT2D eigenvalue weighted by atomic mass is 10.1. The Morgan fingerprint density at radius 3 is 2.06 bits per heavy atom. The molecule has 16 heavy (non-hydrogen) atoms. The number of hydrogen-bond donors (Lipinski definition) is 1. The molecule has 3 aliphatic rings. The maximum absolute atomic E-state index is 3.98. The van der Waals surface area contributed by atoms with E-state index in [4.69, 9.17) is 0 Å². The molecule has 2 saturated carbocycles. The Bertz CT molecular complexity index is 231. The van der Waals surface area contributed by atoms with Gasteiger partial charge in [-0.25, -0.2) is 0 Å². The average molecular weight is 222 g/mol. The van der Waals surface area contributed by atoms with Gasteiger partial charge >= 0.3 is 0 Å². The molecule has 3 fully saturated rings. The Labute approximate surface area is 99.8 Å². The highest BCUT2D eigenvalue weighted by molar-refractivity contribution is 4.99. The summed E-state index contributed by atoms with van der Waals surface area (Å²) in [5.74, 6) is 2.08. The topological polar surface area (TPSA) is 15.3 Å². The molecule has 2 nitrogen and oxygen atoms in total. The van der Waals surface area contributed by atoms with Crippen LogP contribution >= 0.6 is 0 Å². The second-order valence-electron chi connectivity index (χ2n) is 6.44. The number of nitrogens with one attached hydrogen (secondary N) is 1. The third kappa shape index (κ3) is 2.43. The molecule has 0 aromatic carbocycles. The molecule has 0 radical (unpaired) electrons. The smallest absolute Gasteiger partial charge is 0.0210 e. The highest BCUT2D eigenvalue weighted by Gasteiger charge is 2.42. The molecule has 1 atom stereocenters. The van der Waals surface area contributed by atoms with Crippen molar-refractivity contribution in [2.75, 3.05) is 13.1 Å². The summed E-state index contributed by atoms with van der Waals surface area (Å²) >= 11 is 0. The van der Waals surface area contributed by atoms with Gasteiger partial charge < -0.3 is 5.32 Å². The zero-order valence-corrected chi connectivity index (χ0v) is 10.8. The third-order valence-corrected chi connectivity index (χ3v) is 4.64. The quantitative estimate of drug-likeness (QED) is 0.767. The van der Waals surface area contributed by atoms with Crippen LogP contribution in [0.5, 0.6) is 0 Å². The first-order valence-corrected chi connectivity index (χ1v) is 7.24. The molecular formula is C14H26N2. The van der Waals surface area contributed by atoms with Crippen molar-refractivity contribution in [1.82, 2.24) is 10.2 Å². The van der Waals surface area contributed by atoms with Crippen molar-refractivity contribution in [3.8, 4) is 0 Å². The minimum absolute atomic E-state index is 0.729. The van der Waals surface area contributed by atoms with Crippen LogP contribution in [0.4, 0.5) is 0 Å². The molecule has 1 aliphatic heterocycles. The zero-order valence-electron chi connectivity index (χ0n) is 10.8. The van der Waals surface area contributed by atoms with E-state index in [1.807, 2.05) is 0 Å². The molecule has 0 aromatic rings. The molecule has 1 saturated heterocycles. The number of hydrogen-bond acceptors (Lipinski definition) is 2. The van der Waals surface area contributed by atoms with Gasteiger partial charge in [-0.2, -0.15) is 0 Å². The van der Waals surface area contributed by atoms with Gasteiger partial charge in [-0.1, -0.05) is 0 Å². The standard InChI is InChI=1S/C14H26N2/c1-10(2)16-8-7-13(9-16)15-14(11-3-4-11)12-5-6-12/h10-15H,3-9H2,1-2H3. The summed E-state index contributed by atoms with van der Waals surface area (Å²) < 4.78 is 0. The number of rotatable bonds is 5. The first kappa shape index (κ1) is 11.0. The monoisotopic (exact) mass is 222 g/mol. The van der Waals surface area contributed by atoms with Gasteiger partial charge in [0.25, 0.3) is 0 Å². The summed E-state index contributed by atoms with van der Waals surface area (Å²) in [6.45, 7) is 7.23. The molecule has 2 aliphatic carbocycles. The van der Waals surface area contributed by atoms with Crippen LogP contribution in [0.25, 0.3) is 0 Å². The molecule has 1 unspecified atom stereocenters. The van der Waals surface area contributed by atoms with Crippen molar-refractivity contribution >= 4 is 0 Å². The van der Waals surface area contributed by atoms with E-state index in [2.05, 4.69) is 24.1 Å². The largest absolute Gasteiger partial charge is 0.309 e. The van der Waals surface area contributed by atoms with Crippen LogP contribution in [0.3, 0.4) is 0 Å². The molecule has 1 heterocycles. The highest BCUT2D eigenvalue weighted by atomic mass is 15.2. The Hall–Kier alpha value is -0.0800. The first-order chi connectivity index (χ1) is 7.74. The Morgan fingerprint density at radius 2 is 1.62 bits per heavy atom. The Kier molecular flexibility index (Phi) is 2.97. The fourth-order valence-corrected chi connectivity index (χ4v) is 3.23. The molecule has 2 heteroatoms. The first-order valence-electron chi connectivity index (χ1n) is 7.24. The minimum atomic E-state index is 0.729. The summed E-state index contributed by atoms with van der Waals surface area (Å²) in [5, 5.41) is 3.98. The second kappa shape index (κ2) is 4.30. The zero-order chi connectivity index (χ0) is 11.1. The lowest BCUT2D eigenvalue weighted by Gasteiger charge is -2.24. The van der Waals surface area contributed by atoms with Gasteiger partial charge in [-0.15, -0.1) is 0 Å². The Balaban J connectivity index is 1.50. The summed E-state index contributed by atoms with van der Waals surface area (Å²) in [6.07, 6.45) is 7.35. The van der Waals surface area contributed by atoms with Crippen molar-refractivity contribution in [3.63, 3.8) is 0 Å². The molecular weight excluding hydrogens is 196 g/mol. The van der Waals surface area contributed by atoms with Gasteiger partial charge in [-0.05, 0) is 64.3 Å². The maximum Gasteiger partial charge on any atom is 0.0210 e. The molecule has 0 bridgehead atoms. The molecule has 92 valence electrons. The van der Waals surface area contributed by atoms with Crippen molar-refractivity contribution in [3.05, 3.63) is 0 Å². The van der Waals surface area contributed by atoms with Crippen LogP contribution in [0.2, 0.25) is 0 Å². The van der Waals surface area contributed by atoms with Gasteiger partial charge in [0.15, 0.2) is 0 Å². The molecule has 0 amide bonds. The van der Waals surface area contributed by atoms with E-state index in [0.717, 1.165) is 30.0 Å². The van der Waals surface area contributed by atoms with E-state index in [1.165, 1.54) is 45.2 Å². The predicted molar refractivity (Wildman–Crippen MR) is 67.5 cm³/mol. The average Bonchev–Trinajstić information content (AvgIpc) is 3.15. The minimum Gasteiger partial charge on any atom is -0.309 e. The lowest BCUT2D eigenvalue weighted by molar-refractivity contribution is 0.261. The van der Waals surface area contributed by atoms with Gasteiger partial charge in [0.05, 0.1) is 0 Å². The number of likely N-dealkylation sites (tertiary alicyclic amines) is 1. The van der Waals surface area contributed by atoms with E-state index < -0.39 is 0 Å². The summed E-state index contributed by atoms with van der Waals surface area (Å²) in [6, 6.07) is 2.40. The van der Waals surface area contributed by atoms with Crippen molar-refractivity contribution in [2.45, 2.75) is 64.1 Å². The molecule has 3 rings (SSSR count). The van der Waals surface area contributed by atoms with E-state index in [1.54, 1.807) is 0 Å². The van der Waals surface area contributed by atoms with Gasteiger partial charge in [0, 0.05) is 24.7 Å². The number of nitrogens with zero attached hydrogens (tertiary/aromatic N) is 1. The fourth-order valence-electron chi connectivity index (χ4n) is 3.23. The second-order valence-corrected chi connectivity index (χ2v) is 6.44. The summed E-state index contributed by atoms with van der Waals surface area (Å²) in [7, 11) is 0. The van der Waals surface area contributed by atoms with Gasteiger partial charge in [0.2, 0.25) is 0 Å². The van der Waals surface area contributed by atoms with Crippen LogP contribution in [0.1, 0.15) is 46.0 Å². The van der Waals surface area contributed by atoms with E-state index in [9.17, 15) is 0 Å². The lowest BCUT2D eigenvalue weighted by Crippen LogP contribution is -2.43. The van der Waals surface area contributed by atoms with Crippen LogP contribution in [0, 0.1) is 11.8 Å². The van der Waals surface area contributed by atoms with Crippen LogP contribution in [-0.2, 0) is 0 Å². The van der Waals surface area contributed by atoms with Crippen LogP contribution in [-0.4, -0.2) is 36.1 Å². The van der Waals surface area contributed by atoms with Crippen molar-refractivity contribution in [2.24, 2.45) is 11.8 Å². The third-order valence-electron chi connectivity index (χ3n) is 4.64. The molecule has 0 aromatic heterocycles. The Morgan fingerprint density at radius 1 is 1.00 bits per heavy atom. The van der Waals surface area contributed by atoms with E-state index in [-0.39, 0.29) is 0 Å². The van der Waals surface area contributed by atoms with E-state index in [0.29, 0.717) is 0 Å².